The molecule has 2 aliphatic rings. The van der Waals surface area contributed by atoms with Gasteiger partial charge in [-0.3, -0.25) is 4.90 Å². The second-order valence-electron chi connectivity index (χ2n) is 6.73. The van der Waals surface area contributed by atoms with Crippen molar-refractivity contribution in [1.29, 1.82) is 0 Å². The Morgan fingerprint density at radius 3 is 2.52 bits per heavy atom. The Morgan fingerprint density at radius 1 is 1.14 bits per heavy atom. The van der Waals surface area contributed by atoms with E-state index in [1.165, 1.54) is 0 Å². The second-order valence-corrected chi connectivity index (χ2v) is 8.70. The summed E-state index contributed by atoms with van der Waals surface area (Å²) in [6, 6.07) is 9.90. The van der Waals surface area contributed by atoms with Crippen LogP contribution < -0.4 is 0 Å². The number of nitrogens with zero attached hydrogens (tertiary/aromatic N) is 2. The van der Waals surface area contributed by atoms with E-state index < -0.39 is 10.0 Å². The van der Waals surface area contributed by atoms with Gasteiger partial charge in [0.1, 0.15) is 0 Å². The van der Waals surface area contributed by atoms with Crippen LogP contribution in [0.4, 0.5) is 0 Å². The van der Waals surface area contributed by atoms with E-state index in [0.717, 1.165) is 18.7 Å². The molecule has 2 heterocycles. The molecule has 1 aromatic rings. The van der Waals surface area contributed by atoms with Crippen LogP contribution in [0, 0.1) is 11.8 Å². The van der Waals surface area contributed by atoms with Gasteiger partial charge in [-0.15, -0.1) is 0 Å². The molecule has 0 aromatic heterocycles. The molecule has 2 saturated heterocycles. The second kappa shape index (κ2) is 5.71. The van der Waals surface area contributed by atoms with Gasteiger partial charge in [0.2, 0.25) is 10.0 Å². The number of fused-ring (bicyclic) bond motifs is 1. The van der Waals surface area contributed by atoms with Crippen molar-refractivity contribution in [1.82, 2.24) is 9.21 Å². The normalized spacial score (nSPS) is 26.8. The first-order valence-electron chi connectivity index (χ1n) is 7.71. The first-order valence-corrected chi connectivity index (χ1v) is 9.32. The molecule has 5 heteroatoms. The molecule has 0 aliphatic carbocycles. The summed E-state index contributed by atoms with van der Waals surface area (Å²) in [7, 11) is -3.18. The molecular weight excluding hydrogens is 284 g/mol. The summed E-state index contributed by atoms with van der Waals surface area (Å²) in [6.45, 7) is 7.94. The molecule has 4 nitrogen and oxygen atoms in total. The topological polar surface area (TPSA) is 40.6 Å². The highest BCUT2D eigenvalue weighted by Crippen LogP contribution is 2.34. The molecule has 21 heavy (non-hydrogen) atoms. The van der Waals surface area contributed by atoms with Gasteiger partial charge in [-0.25, -0.2) is 8.42 Å². The maximum Gasteiger partial charge on any atom is 0.218 e. The van der Waals surface area contributed by atoms with Crippen LogP contribution in [0.1, 0.15) is 19.4 Å². The predicted molar refractivity (Wildman–Crippen MR) is 84.3 cm³/mol. The molecule has 0 N–H and O–H groups in total. The van der Waals surface area contributed by atoms with Crippen molar-refractivity contribution >= 4 is 10.0 Å². The average molecular weight is 308 g/mol. The van der Waals surface area contributed by atoms with Gasteiger partial charge in [-0.05, 0) is 11.5 Å². The SMILES string of the molecule is CC(C)CN1C[C@H]2CN(S(=O)(=O)Cc3ccccc3)C[C@H]21. The molecule has 1 aromatic carbocycles. The van der Waals surface area contributed by atoms with Crippen LogP contribution in [0.3, 0.4) is 0 Å². The number of benzene rings is 1. The smallest absolute Gasteiger partial charge is 0.218 e. The zero-order valence-electron chi connectivity index (χ0n) is 12.8. The van der Waals surface area contributed by atoms with Crippen molar-refractivity contribution in [2.24, 2.45) is 11.8 Å². The van der Waals surface area contributed by atoms with E-state index in [2.05, 4.69) is 18.7 Å². The maximum atomic E-state index is 12.6. The van der Waals surface area contributed by atoms with Gasteiger partial charge in [-0.2, -0.15) is 4.31 Å². The predicted octanol–water partition coefficient (Wildman–Crippen LogP) is 1.79. The first-order chi connectivity index (χ1) is 9.95. The molecule has 3 rings (SSSR count). The summed E-state index contributed by atoms with van der Waals surface area (Å²) < 4.78 is 26.8. The highest BCUT2D eigenvalue weighted by Gasteiger charge is 2.48. The number of hydrogen-bond acceptors (Lipinski definition) is 3. The van der Waals surface area contributed by atoms with Gasteiger partial charge in [0, 0.05) is 38.1 Å². The van der Waals surface area contributed by atoms with Crippen LogP contribution in [0.15, 0.2) is 30.3 Å². The number of likely N-dealkylation sites (tertiary alicyclic amines) is 1. The fourth-order valence-corrected chi connectivity index (χ4v) is 5.08. The van der Waals surface area contributed by atoms with Crippen LogP contribution in [-0.2, 0) is 15.8 Å². The molecule has 0 unspecified atom stereocenters. The quantitative estimate of drug-likeness (QED) is 0.832. The Labute approximate surface area is 127 Å². The van der Waals surface area contributed by atoms with Crippen LogP contribution in [0.5, 0.6) is 0 Å². The zero-order valence-corrected chi connectivity index (χ0v) is 13.6. The highest BCUT2D eigenvalue weighted by atomic mass is 32.2. The third-order valence-electron chi connectivity index (χ3n) is 4.50. The fraction of sp³-hybridized carbons (Fsp3) is 0.625. The Hall–Kier alpha value is -0.910. The number of sulfonamides is 1. The molecule has 0 radical (unpaired) electrons. The summed E-state index contributed by atoms with van der Waals surface area (Å²) in [5.41, 5.74) is 0.871. The molecule has 2 aliphatic heterocycles. The minimum absolute atomic E-state index is 0.122. The molecule has 0 saturated carbocycles. The molecule has 116 valence electrons. The number of hydrogen-bond donors (Lipinski definition) is 0. The van der Waals surface area contributed by atoms with E-state index in [-0.39, 0.29) is 5.75 Å². The minimum Gasteiger partial charge on any atom is -0.298 e. The summed E-state index contributed by atoms with van der Waals surface area (Å²) in [5, 5.41) is 0. The van der Waals surface area contributed by atoms with Crippen molar-refractivity contribution in [2.75, 3.05) is 26.2 Å². The standard InChI is InChI=1S/C16H24N2O2S/c1-13(2)8-17-9-15-10-18(11-16(15)17)21(19,20)12-14-6-4-3-5-7-14/h3-7,13,15-16H,8-12H2,1-2H3/t15-,16+/m0/s1. The Bertz CT molecular complexity index is 586. The molecule has 2 fully saturated rings. The zero-order chi connectivity index (χ0) is 15.0. The lowest BCUT2D eigenvalue weighted by atomic mass is 9.91. The molecule has 0 spiro atoms. The monoisotopic (exact) mass is 308 g/mol. The van der Waals surface area contributed by atoms with Crippen LogP contribution in [0.25, 0.3) is 0 Å². The van der Waals surface area contributed by atoms with E-state index in [9.17, 15) is 8.42 Å². The van der Waals surface area contributed by atoms with Crippen molar-refractivity contribution in [2.45, 2.75) is 25.6 Å². The maximum absolute atomic E-state index is 12.6. The fourth-order valence-electron chi connectivity index (χ4n) is 3.49. The largest absolute Gasteiger partial charge is 0.298 e. The Morgan fingerprint density at radius 2 is 1.86 bits per heavy atom. The summed E-state index contributed by atoms with van der Waals surface area (Å²) in [4.78, 5) is 2.44. The highest BCUT2D eigenvalue weighted by molar-refractivity contribution is 7.88. The lowest BCUT2D eigenvalue weighted by Gasteiger charge is -2.44. The van der Waals surface area contributed by atoms with Crippen molar-refractivity contribution < 1.29 is 8.42 Å². The lowest BCUT2D eigenvalue weighted by molar-refractivity contribution is 0.0403. The van der Waals surface area contributed by atoms with E-state index in [4.69, 9.17) is 0 Å². The van der Waals surface area contributed by atoms with Gasteiger partial charge in [0.25, 0.3) is 0 Å². The van der Waals surface area contributed by atoms with Gasteiger partial charge in [0.15, 0.2) is 0 Å². The Balaban J connectivity index is 1.63. The lowest BCUT2D eigenvalue weighted by Crippen LogP contribution is -2.56. The summed E-state index contributed by atoms with van der Waals surface area (Å²) >= 11 is 0. The molecule has 0 bridgehead atoms. The van der Waals surface area contributed by atoms with Gasteiger partial charge >= 0.3 is 0 Å². The van der Waals surface area contributed by atoms with Crippen LogP contribution in [-0.4, -0.2) is 49.8 Å². The average Bonchev–Trinajstić information content (AvgIpc) is 2.75. The number of rotatable bonds is 5. The third kappa shape index (κ3) is 3.15. The molecule has 0 amide bonds. The van der Waals surface area contributed by atoms with Gasteiger partial charge in [-0.1, -0.05) is 44.2 Å². The first kappa shape index (κ1) is 15.0. The van der Waals surface area contributed by atoms with Crippen molar-refractivity contribution in [3.63, 3.8) is 0 Å². The van der Waals surface area contributed by atoms with E-state index in [1.807, 2.05) is 30.3 Å². The summed E-state index contributed by atoms with van der Waals surface area (Å²) in [6.07, 6.45) is 0. The van der Waals surface area contributed by atoms with E-state index in [0.29, 0.717) is 31.0 Å². The molecule has 2 atom stereocenters. The molecular formula is C16H24N2O2S. The van der Waals surface area contributed by atoms with Crippen LogP contribution >= 0.6 is 0 Å². The summed E-state index contributed by atoms with van der Waals surface area (Å²) in [5.74, 6) is 1.30. The van der Waals surface area contributed by atoms with Crippen molar-refractivity contribution in [3.8, 4) is 0 Å². The van der Waals surface area contributed by atoms with E-state index in [1.54, 1.807) is 4.31 Å². The minimum atomic E-state index is -3.18. The van der Waals surface area contributed by atoms with Crippen molar-refractivity contribution in [3.05, 3.63) is 35.9 Å². The van der Waals surface area contributed by atoms with Gasteiger partial charge in [0.05, 0.1) is 5.75 Å². The van der Waals surface area contributed by atoms with Crippen LogP contribution in [0.2, 0.25) is 0 Å². The van der Waals surface area contributed by atoms with E-state index >= 15 is 0 Å². The Kier molecular flexibility index (Phi) is 4.08. The van der Waals surface area contributed by atoms with Gasteiger partial charge < -0.3 is 0 Å². The third-order valence-corrected chi connectivity index (χ3v) is 6.28.